The molecule has 0 aliphatic heterocycles. The number of carbonyl (C=O) groups is 2. The average molecular weight is 265 g/mol. The minimum atomic E-state index is -1.16. The van der Waals surface area contributed by atoms with Crippen molar-refractivity contribution in [1.29, 1.82) is 0 Å². The van der Waals surface area contributed by atoms with Gasteiger partial charge in [-0.1, -0.05) is 0 Å². The third kappa shape index (κ3) is 3.24. The van der Waals surface area contributed by atoms with E-state index in [0.29, 0.717) is 11.1 Å². The van der Waals surface area contributed by atoms with Gasteiger partial charge in [0.15, 0.2) is 0 Å². The quantitative estimate of drug-likeness (QED) is 0.633. The van der Waals surface area contributed by atoms with E-state index in [0.717, 1.165) is 0 Å². The number of esters is 1. The zero-order valence-corrected chi connectivity index (χ0v) is 11.8. The Labute approximate surface area is 112 Å². The third-order valence-electron chi connectivity index (χ3n) is 2.80. The van der Waals surface area contributed by atoms with Crippen LogP contribution >= 0.6 is 0 Å². The van der Waals surface area contributed by atoms with Crippen LogP contribution in [0.1, 0.15) is 52.6 Å². The molecular weight excluding hydrogens is 246 g/mol. The molecule has 1 aromatic carbocycles. The number of carbonyl (C=O) groups excluding carboxylic acids is 1. The number of aromatic carboxylic acids is 1. The van der Waals surface area contributed by atoms with Gasteiger partial charge < -0.3 is 15.6 Å². The molecule has 1 aromatic rings. The number of benzene rings is 1. The summed E-state index contributed by atoms with van der Waals surface area (Å²) in [5.74, 6) is -1.71. The van der Waals surface area contributed by atoms with Gasteiger partial charge in [-0.2, -0.15) is 0 Å². The first-order valence-electron chi connectivity index (χ1n) is 5.91. The van der Waals surface area contributed by atoms with Crippen molar-refractivity contribution < 1.29 is 19.4 Å². The van der Waals surface area contributed by atoms with Crippen LogP contribution in [-0.4, -0.2) is 22.6 Å². The summed E-state index contributed by atoms with van der Waals surface area (Å²) >= 11 is 0. The molecule has 5 nitrogen and oxygen atoms in total. The Hall–Kier alpha value is -2.04. The lowest BCUT2D eigenvalue weighted by molar-refractivity contribution is 0.00687. The number of nitrogen functional groups attached to an aromatic ring is 1. The minimum Gasteiger partial charge on any atom is -0.478 e. The van der Waals surface area contributed by atoms with Gasteiger partial charge >= 0.3 is 11.9 Å². The Balaban J connectivity index is 3.37. The first-order chi connectivity index (χ1) is 8.54. The van der Waals surface area contributed by atoms with Crippen LogP contribution < -0.4 is 5.73 Å². The van der Waals surface area contributed by atoms with Crippen molar-refractivity contribution in [2.24, 2.45) is 0 Å². The van der Waals surface area contributed by atoms with E-state index in [1.54, 1.807) is 34.6 Å². The maximum atomic E-state index is 12.1. The lowest BCUT2D eigenvalue weighted by Crippen LogP contribution is -2.25. The standard InChI is InChI=1S/C14H19NO4/c1-7-8(2)11(15)10(12(16)17)6-9(7)13(18)19-14(3,4)5/h6H,15H2,1-5H3,(H,16,17). The predicted molar refractivity (Wildman–Crippen MR) is 72.5 cm³/mol. The highest BCUT2D eigenvalue weighted by Crippen LogP contribution is 2.26. The topological polar surface area (TPSA) is 89.6 Å². The molecule has 0 unspecified atom stereocenters. The molecule has 0 aliphatic carbocycles. The number of anilines is 1. The van der Waals surface area contributed by atoms with Gasteiger partial charge in [-0.3, -0.25) is 0 Å². The molecule has 0 heterocycles. The molecule has 3 N–H and O–H groups in total. The summed E-state index contributed by atoms with van der Waals surface area (Å²) in [6, 6.07) is 1.27. The summed E-state index contributed by atoms with van der Waals surface area (Å²) < 4.78 is 5.26. The second-order valence-corrected chi connectivity index (χ2v) is 5.44. The Morgan fingerprint density at radius 1 is 1.16 bits per heavy atom. The fourth-order valence-corrected chi connectivity index (χ4v) is 1.66. The molecule has 0 saturated carbocycles. The Morgan fingerprint density at radius 3 is 2.11 bits per heavy atom. The van der Waals surface area contributed by atoms with E-state index in [-0.39, 0.29) is 16.8 Å². The van der Waals surface area contributed by atoms with Gasteiger partial charge in [0.25, 0.3) is 0 Å². The molecule has 1 rings (SSSR count). The highest BCUT2D eigenvalue weighted by atomic mass is 16.6. The zero-order valence-electron chi connectivity index (χ0n) is 11.8. The van der Waals surface area contributed by atoms with Crippen molar-refractivity contribution in [2.75, 3.05) is 5.73 Å². The lowest BCUT2D eigenvalue weighted by Gasteiger charge is -2.21. The van der Waals surface area contributed by atoms with Crippen LogP contribution in [0.4, 0.5) is 5.69 Å². The fraction of sp³-hybridized carbons (Fsp3) is 0.429. The van der Waals surface area contributed by atoms with Crippen LogP contribution in [0.25, 0.3) is 0 Å². The number of rotatable bonds is 2. The number of ether oxygens (including phenoxy) is 1. The highest BCUT2D eigenvalue weighted by Gasteiger charge is 2.23. The normalized spacial score (nSPS) is 11.2. The first-order valence-corrected chi connectivity index (χ1v) is 5.91. The van der Waals surface area contributed by atoms with Gasteiger partial charge in [0.05, 0.1) is 11.1 Å². The average Bonchev–Trinajstić information content (AvgIpc) is 2.23. The van der Waals surface area contributed by atoms with Crippen molar-refractivity contribution in [3.05, 3.63) is 28.3 Å². The van der Waals surface area contributed by atoms with Gasteiger partial charge in [0.1, 0.15) is 5.60 Å². The van der Waals surface area contributed by atoms with Crippen molar-refractivity contribution in [3.8, 4) is 0 Å². The van der Waals surface area contributed by atoms with Crippen LogP contribution in [0.3, 0.4) is 0 Å². The van der Waals surface area contributed by atoms with E-state index in [4.69, 9.17) is 15.6 Å². The van der Waals surface area contributed by atoms with Crippen LogP contribution in [0, 0.1) is 13.8 Å². The van der Waals surface area contributed by atoms with Crippen LogP contribution in [-0.2, 0) is 4.74 Å². The number of hydrogen-bond acceptors (Lipinski definition) is 4. The van der Waals surface area contributed by atoms with Crippen molar-refractivity contribution in [2.45, 2.75) is 40.2 Å². The summed E-state index contributed by atoms with van der Waals surface area (Å²) in [7, 11) is 0. The summed E-state index contributed by atoms with van der Waals surface area (Å²) in [4.78, 5) is 23.2. The Kier molecular flexibility index (Phi) is 3.88. The minimum absolute atomic E-state index is 0.0797. The Morgan fingerprint density at radius 2 is 1.68 bits per heavy atom. The van der Waals surface area contributed by atoms with E-state index in [2.05, 4.69) is 0 Å². The molecule has 0 aromatic heterocycles. The monoisotopic (exact) mass is 265 g/mol. The van der Waals surface area contributed by atoms with Gasteiger partial charge in [0, 0.05) is 5.69 Å². The molecule has 0 aliphatic rings. The van der Waals surface area contributed by atoms with Crippen molar-refractivity contribution in [1.82, 2.24) is 0 Å². The number of nitrogens with two attached hydrogens (primary N) is 1. The smallest absolute Gasteiger partial charge is 0.338 e. The van der Waals surface area contributed by atoms with E-state index in [1.165, 1.54) is 6.07 Å². The zero-order chi connectivity index (χ0) is 15.0. The van der Waals surface area contributed by atoms with Crippen LogP contribution in [0.5, 0.6) is 0 Å². The number of hydrogen-bond donors (Lipinski definition) is 2. The molecule has 0 spiro atoms. The van der Waals surface area contributed by atoms with Crippen LogP contribution in [0.15, 0.2) is 6.07 Å². The highest BCUT2D eigenvalue weighted by molar-refractivity contribution is 6.00. The van der Waals surface area contributed by atoms with Crippen molar-refractivity contribution >= 4 is 17.6 Å². The fourth-order valence-electron chi connectivity index (χ4n) is 1.66. The largest absolute Gasteiger partial charge is 0.478 e. The molecule has 19 heavy (non-hydrogen) atoms. The SMILES string of the molecule is Cc1c(C(=O)OC(C)(C)C)cc(C(=O)O)c(N)c1C. The van der Waals surface area contributed by atoms with Gasteiger partial charge in [0.2, 0.25) is 0 Å². The van der Waals surface area contributed by atoms with E-state index < -0.39 is 17.5 Å². The third-order valence-corrected chi connectivity index (χ3v) is 2.80. The molecule has 5 heteroatoms. The number of carboxylic acid groups (broad SMARTS) is 1. The second-order valence-electron chi connectivity index (χ2n) is 5.44. The molecule has 0 fully saturated rings. The second kappa shape index (κ2) is 4.91. The predicted octanol–water partition coefficient (Wildman–Crippen LogP) is 2.54. The maximum Gasteiger partial charge on any atom is 0.338 e. The van der Waals surface area contributed by atoms with E-state index in [1.807, 2.05) is 0 Å². The molecule has 104 valence electrons. The van der Waals surface area contributed by atoms with Gasteiger partial charge in [-0.25, -0.2) is 9.59 Å². The maximum absolute atomic E-state index is 12.1. The van der Waals surface area contributed by atoms with Crippen molar-refractivity contribution in [3.63, 3.8) is 0 Å². The van der Waals surface area contributed by atoms with E-state index >= 15 is 0 Å². The molecule has 0 saturated heterocycles. The first kappa shape index (κ1) is 15.0. The summed E-state index contributed by atoms with van der Waals surface area (Å²) in [5.41, 5.74) is 6.66. The molecule has 0 amide bonds. The Bertz CT molecular complexity index is 541. The number of carboxylic acids is 1. The lowest BCUT2D eigenvalue weighted by atomic mass is 9.97. The van der Waals surface area contributed by atoms with Gasteiger partial charge in [-0.05, 0) is 51.8 Å². The summed E-state index contributed by atoms with van der Waals surface area (Å²) in [6.45, 7) is 8.66. The van der Waals surface area contributed by atoms with E-state index in [9.17, 15) is 9.59 Å². The van der Waals surface area contributed by atoms with Gasteiger partial charge in [-0.15, -0.1) is 0 Å². The molecule has 0 radical (unpaired) electrons. The van der Waals surface area contributed by atoms with Crippen LogP contribution in [0.2, 0.25) is 0 Å². The molecule has 0 atom stereocenters. The summed E-state index contributed by atoms with van der Waals surface area (Å²) in [5, 5.41) is 9.09. The molecular formula is C14H19NO4. The molecule has 0 bridgehead atoms. The summed E-state index contributed by atoms with van der Waals surface area (Å²) in [6.07, 6.45) is 0.